The normalized spacial score (nSPS) is 15.3. The van der Waals surface area contributed by atoms with Crippen molar-refractivity contribution >= 4 is 17.3 Å². The number of nitrogens with one attached hydrogen (secondary N) is 1. The van der Waals surface area contributed by atoms with E-state index in [2.05, 4.69) is 10.3 Å². The van der Waals surface area contributed by atoms with Gasteiger partial charge in [-0.3, -0.25) is 14.9 Å². The van der Waals surface area contributed by atoms with Gasteiger partial charge in [0.15, 0.2) is 0 Å². The highest BCUT2D eigenvalue weighted by Gasteiger charge is 2.41. The molecule has 8 nitrogen and oxygen atoms in total. The number of nitrogens with zero attached hydrogens (tertiary/aromatic N) is 2. The standard InChI is InChI=1S/C23H29N3O5/c1-3-30-15-16-31-21-12-11-20(17(2)24-21)25-22(27)23(13-5-4-6-14-23)18-7-9-19(10-8-18)26(28)29/h7-12H,3-6,13-16H2,1-2H3,(H,25,27). The molecule has 0 saturated heterocycles. The van der Waals surface area contributed by atoms with Crippen molar-refractivity contribution in [1.29, 1.82) is 0 Å². The number of pyridine rings is 1. The fourth-order valence-corrected chi connectivity index (χ4v) is 4.05. The highest BCUT2D eigenvalue weighted by molar-refractivity contribution is 5.99. The summed E-state index contributed by atoms with van der Waals surface area (Å²) in [6.07, 6.45) is 4.38. The van der Waals surface area contributed by atoms with Gasteiger partial charge in [-0.2, -0.15) is 0 Å². The summed E-state index contributed by atoms with van der Waals surface area (Å²) in [5.41, 5.74) is 1.43. The second kappa shape index (κ2) is 10.3. The lowest BCUT2D eigenvalue weighted by atomic mass is 9.68. The van der Waals surface area contributed by atoms with E-state index in [9.17, 15) is 14.9 Å². The first-order valence-corrected chi connectivity index (χ1v) is 10.7. The highest BCUT2D eigenvalue weighted by Crippen LogP contribution is 2.41. The molecule has 31 heavy (non-hydrogen) atoms. The van der Waals surface area contributed by atoms with Gasteiger partial charge in [0.1, 0.15) is 6.61 Å². The van der Waals surface area contributed by atoms with E-state index < -0.39 is 10.3 Å². The minimum atomic E-state index is -0.702. The third-order valence-electron chi connectivity index (χ3n) is 5.76. The Morgan fingerprint density at radius 2 is 1.84 bits per heavy atom. The lowest BCUT2D eigenvalue weighted by Gasteiger charge is -2.36. The highest BCUT2D eigenvalue weighted by atomic mass is 16.6. The van der Waals surface area contributed by atoms with Gasteiger partial charge in [-0.15, -0.1) is 0 Å². The van der Waals surface area contributed by atoms with Gasteiger partial charge < -0.3 is 14.8 Å². The van der Waals surface area contributed by atoms with Gasteiger partial charge >= 0.3 is 0 Å². The predicted octanol–water partition coefficient (Wildman–Crippen LogP) is 4.55. The SMILES string of the molecule is CCOCCOc1ccc(NC(=O)C2(c3ccc([N+](=O)[O-])cc3)CCCCC2)c(C)n1. The van der Waals surface area contributed by atoms with Gasteiger partial charge in [0.2, 0.25) is 11.8 Å². The first-order chi connectivity index (χ1) is 15.0. The second-order valence-corrected chi connectivity index (χ2v) is 7.73. The molecule has 0 spiro atoms. The summed E-state index contributed by atoms with van der Waals surface area (Å²) in [5, 5.41) is 14.1. The molecule has 0 unspecified atom stereocenters. The Morgan fingerprint density at radius 3 is 2.45 bits per heavy atom. The maximum atomic E-state index is 13.5. The van der Waals surface area contributed by atoms with E-state index in [-0.39, 0.29) is 11.6 Å². The molecular formula is C23H29N3O5. The average Bonchev–Trinajstić information content (AvgIpc) is 2.79. The molecule has 0 radical (unpaired) electrons. The molecule has 0 aliphatic heterocycles. The third kappa shape index (κ3) is 5.38. The lowest BCUT2D eigenvalue weighted by molar-refractivity contribution is -0.384. The first-order valence-electron chi connectivity index (χ1n) is 10.7. The minimum Gasteiger partial charge on any atom is -0.475 e. The van der Waals surface area contributed by atoms with E-state index in [0.717, 1.165) is 24.8 Å². The van der Waals surface area contributed by atoms with Crippen molar-refractivity contribution in [2.24, 2.45) is 0 Å². The number of rotatable bonds is 9. The summed E-state index contributed by atoms with van der Waals surface area (Å²) in [5.74, 6) is 0.383. The van der Waals surface area contributed by atoms with Crippen LogP contribution in [0.1, 0.15) is 50.3 Å². The lowest BCUT2D eigenvalue weighted by Crippen LogP contribution is -2.42. The number of ether oxygens (including phenoxy) is 2. The molecule has 2 aromatic rings. The number of hydrogen-bond acceptors (Lipinski definition) is 6. The van der Waals surface area contributed by atoms with Crippen LogP contribution in [0.15, 0.2) is 36.4 Å². The number of benzene rings is 1. The number of carbonyl (C=O) groups is 1. The summed E-state index contributed by atoms with van der Waals surface area (Å²) in [7, 11) is 0. The fraction of sp³-hybridized carbons (Fsp3) is 0.478. The molecule has 1 aliphatic rings. The van der Waals surface area contributed by atoms with Crippen LogP contribution in [0.4, 0.5) is 11.4 Å². The summed E-state index contributed by atoms with van der Waals surface area (Å²) < 4.78 is 10.8. The molecule has 1 aromatic heterocycles. The largest absolute Gasteiger partial charge is 0.475 e. The number of nitro groups is 1. The van der Waals surface area contributed by atoms with E-state index in [0.29, 0.717) is 49.9 Å². The Morgan fingerprint density at radius 1 is 1.13 bits per heavy atom. The molecule has 8 heteroatoms. The zero-order valence-corrected chi connectivity index (χ0v) is 18.1. The van der Waals surface area contributed by atoms with Crippen molar-refractivity contribution in [3.8, 4) is 5.88 Å². The molecule has 1 amide bonds. The molecule has 3 rings (SSSR count). The molecule has 1 saturated carbocycles. The Labute approximate surface area is 182 Å². The quantitative estimate of drug-likeness (QED) is 0.358. The van der Waals surface area contributed by atoms with Crippen molar-refractivity contribution < 1.29 is 19.2 Å². The van der Waals surface area contributed by atoms with Crippen molar-refractivity contribution in [1.82, 2.24) is 4.98 Å². The summed E-state index contributed by atoms with van der Waals surface area (Å²) >= 11 is 0. The van der Waals surface area contributed by atoms with E-state index in [1.54, 1.807) is 24.3 Å². The van der Waals surface area contributed by atoms with Crippen LogP contribution in [0.2, 0.25) is 0 Å². The van der Waals surface area contributed by atoms with Crippen LogP contribution in [0, 0.1) is 17.0 Å². The van der Waals surface area contributed by atoms with Crippen LogP contribution in [0.5, 0.6) is 5.88 Å². The van der Waals surface area contributed by atoms with E-state index in [1.165, 1.54) is 12.1 Å². The minimum absolute atomic E-state index is 0.0232. The molecule has 1 aliphatic carbocycles. The maximum absolute atomic E-state index is 13.5. The fourth-order valence-electron chi connectivity index (χ4n) is 4.05. The number of anilines is 1. The number of hydrogen-bond donors (Lipinski definition) is 1. The molecule has 1 heterocycles. The van der Waals surface area contributed by atoms with Gasteiger partial charge in [-0.25, -0.2) is 4.98 Å². The zero-order valence-electron chi connectivity index (χ0n) is 18.1. The van der Waals surface area contributed by atoms with E-state index in [1.807, 2.05) is 13.8 Å². The Balaban J connectivity index is 1.77. The number of carbonyl (C=O) groups excluding carboxylic acids is 1. The Kier molecular flexibility index (Phi) is 7.57. The average molecular weight is 428 g/mol. The van der Waals surface area contributed by atoms with Crippen LogP contribution in [-0.4, -0.2) is 35.6 Å². The zero-order chi connectivity index (χ0) is 22.3. The number of non-ortho nitro benzene ring substituents is 1. The van der Waals surface area contributed by atoms with Crippen LogP contribution >= 0.6 is 0 Å². The van der Waals surface area contributed by atoms with Gasteiger partial charge in [-0.1, -0.05) is 31.4 Å². The van der Waals surface area contributed by atoms with Crippen LogP contribution in [0.3, 0.4) is 0 Å². The third-order valence-corrected chi connectivity index (χ3v) is 5.76. The van der Waals surface area contributed by atoms with Crippen molar-refractivity contribution in [2.45, 2.75) is 51.4 Å². The molecule has 0 atom stereocenters. The molecule has 1 aromatic carbocycles. The van der Waals surface area contributed by atoms with Crippen LogP contribution in [-0.2, 0) is 14.9 Å². The Hall–Kier alpha value is -3.00. The number of aryl methyl sites for hydroxylation is 1. The van der Waals surface area contributed by atoms with E-state index in [4.69, 9.17) is 9.47 Å². The van der Waals surface area contributed by atoms with Gasteiger partial charge in [0.05, 0.1) is 28.3 Å². The predicted molar refractivity (Wildman–Crippen MR) is 117 cm³/mol. The van der Waals surface area contributed by atoms with Crippen molar-refractivity contribution in [3.05, 3.63) is 57.8 Å². The number of nitro benzene ring substituents is 1. The maximum Gasteiger partial charge on any atom is 0.269 e. The summed E-state index contributed by atoms with van der Waals surface area (Å²) in [6.45, 7) is 5.29. The molecule has 166 valence electrons. The van der Waals surface area contributed by atoms with Crippen molar-refractivity contribution in [2.75, 3.05) is 25.1 Å². The molecular weight excluding hydrogens is 398 g/mol. The van der Waals surface area contributed by atoms with Gasteiger partial charge in [0, 0.05) is 24.8 Å². The van der Waals surface area contributed by atoms with Gasteiger partial charge in [-0.05, 0) is 38.3 Å². The topological polar surface area (TPSA) is 104 Å². The van der Waals surface area contributed by atoms with Gasteiger partial charge in [0.25, 0.3) is 5.69 Å². The van der Waals surface area contributed by atoms with E-state index >= 15 is 0 Å². The number of amides is 1. The van der Waals surface area contributed by atoms with Crippen molar-refractivity contribution in [3.63, 3.8) is 0 Å². The smallest absolute Gasteiger partial charge is 0.269 e. The number of aromatic nitrogens is 1. The molecule has 1 fully saturated rings. The second-order valence-electron chi connectivity index (χ2n) is 7.73. The van der Waals surface area contributed by atoms with Crippen LogP contribution < -0.4 is 10.1 Å². The Bertz CT molecular complexity index is 908. The first kappa shape index (κ1) is 22.7. The van der Waals surface area contributed by atoms with Crippen LogP contribution in [0.25, 0.3) is 0 Å². The molecule has 1 N–H and O–H groups in total. The summed E-state index contributed by atoms with van der Waals surface area (Å²) in [6, 6.07) is 9.89. The summed E-state index contributed by atoms with van der Waals surface area (Å²) in [4.78, 5) is 28.5. The molecule has 0 bridgehead atoms. The monoisotopic (exact) mass is 427 g/mol.